The maximum atomic E-state index is 5.78. The molecular formula is C10H18O4. The third-order valence-corrected chi connectivity index (χ3v) is 2.74. The van der Waals surface area contributed by atoms with Crippen molar-refractivity contribution in [3.05, 3.63) is 0 Å². The van der Waals surface area contributed by atoms with Gasteiger partial charge in [0.15, 0.2) is 12.1 Å². The molecular weight excluding hydrogens is 184 g/mol. The van der Waals surface area contributed by atoms with Gasteiger partial charge in [-0.2, -0.15) is 0 Å². The van der Waals surface area contributed by atoms with Crippen molar-refractivity contribution in [3.63, 3.8) is 0 Å². The monoisotopic (exact) mass is 202 g/mol. The summed E-state index contributed by atoms with van der Waals surface area (Å²) in [6, 6.07) is 0. The molecule has 4 heteroatoms. The summed E-state index contributed by atoms with van der Waals surface area (Å²) >= 11 is 0. The highest BCUT2D eigenvalue weighted by Gasteiger charge is 2.54. The second kappa shape index (κ2) is 3.45. The Bertz CT molecular complexity index is 196. The molecule has 0 N–H and O–H groups in total. The van der Waals surface area contributed by atoms with E-state index in [1.54, 1.807) is 7.11 Å². The van der Waals surface area contributed by atoms with Gasteiger partial charge in [0.05, 0.1) is 6.10 Å². The van der Waals surface area contributed by atoms with Gasteiger partial charge in [-0.15, -0.1) is 0 Å². The van der Waals surface area contributed by atoms with Crippen LogP contribution in [0.4, 0.5) is 0 Å². The van der Waals surface area contributed by atoms with Gasteiger partial charge in [-0.1, -0.05) is 6.92 Å². The average Bonchev–Trinajstić information content (AvgIpc) is 2.57. The summed E-state index contributed by atoms with van der Waals surface area (Å²) in [7, 11) is 1.63. The first-order chi connectivity index (χ1) is 6.57. The fraction of sp³-hybridized carbons (Fsp3) is 1.00. The minimum absolute atomic E-state index is 0.0138. The summed E-state index contributed by atoms with van der Waals surface area (Å²) in [5.41, 5.74) is 0. The molecule has 82 valence electrons. The number of fused-ring (bicyclic) bond motifs is 1. The molecule has 14 heavy (non-hydrogen) atoms. The molecule has 0 aromatic heterocycles. The van der Waals surface area contributed by atoms with E-state index in [9.17, 15) is 0 Å². The van der Waals surface area contributed by atoms with E-state index in [1.807, 2.05) is 13.8 Å². The first-order valence-corrected chi connectivity index (χ1v) is 5.11. The predicted octanol–water partition coefficient (Wildman–Crippen LogP) is 1.29. The highest BCUT2D eigenvalue weighted by molar-refractivity contribution is 4.94. The van der Waals surface area contributed by atoms with Gasteiger partial charge in [-0.05, 0) is 20.3 Å². The van der Waals surface area contributed by atoms with Crippen LogP contribution in [0, 0.1) is 0 Å². The van der Waals surface area contributed by atoms with Gasteiger partial charge in [0, 0.05) is 7.11 Å². The van der Waals surface area contributed by atoms with E-state index in [0.29, 0.717) is 0 Å². The van der Waals surface area contributed by atoms with Gasteiger partial charge < -0.3 is 18.9 Å². The van der Waals surface area contributed by atoms with Gasteiger partial charge in [-0.25, -0.2) is 0 Å². The third-order valence-electron chi connectivity index (χ3n) is 2.74. The lowest BCUT2D eigenvalue weighted by atomic mass is 10.1. The zero-order valence-electron chi connectivity index (χ0n) is 9.15. The highest BCUT2D eigenvalue weighted by Crippen LogP contribution is 2.39. The second-order valence-electron chi connectivity index (χ2n) is 4.25. The van der Waals surface area contributed by atoms with Gasteiger partial charge >= 0.3 is 0 Å². The van der Waals surface area contributed by atoms with E-state index < -0.39 is 5.79 Å². The zero-order chi connectivity index (χ0) is 10.3. The van der Waals surface area contributed by atoms with E-state index in [0.717, 1.165) is 6.42 Å². The quantitative estimate of drug-likeness (QED) is 0.676. The lowest BCUT2D eigenvalue weighted by molar-refractivity contribution is -0.227. The summed E-state index contributed by atoms with van der Waals surface area (Å²) in [5, 5.41) is 0. The fourth-order valence-electron chi connectivity index (χ4n) is 2.16. The van der Waals surface area contributed by atoms with Crippen molar-refractivity contribution in [3.8, 4) is 0 Å². The number of hydrogen-bond acceptors (Lipinski definition) is 4. The molecule has 2 aliphatic rings. The van der Waals surface area contributed by atoms with Crippen LogP contribution in [0.2, 0.25) is 0 Å². The Morgan fingerprint density at radius 3 is 2.43 bits per heavy atom. The minimum Gasteiger partial charge on any atom is -0.353 e. The van der Waals surface area contributed by atoms with Gasteiger partial charge in [0.1, 0.15) is 12.2 Å². The molecule has 0 unspecified atom stereocenters. The molecule has 2 aliphatic heterocycles. The molecule has 2 fully saturated rings. The van der Waals surface area contributed by atoms with Crippen molar-refractivity contribution in [2.45, 2.75) is 57.6 Å². The molecule has 0 bridgehead atoms. The van der Waals surface area contributed by atoms with Crippen LogP contribution in [0.15, 0.2) is 0 Å². The van der Waals surface area contributed by atoms with E-state index in [2.05, 4.69) is 6.92 Å². The Kier molecular flexibility index (Phi) is 2.55. The molecule has 0 aromatic carbocycles. The van der Waals surface area contributed by atoms with Crippen molar-refractivity contribution in [2.75, 3.05) is 7.11 Å². The summed E-state index contributed by atoms with van der Waals surface area (Å²) in [6.45, 7) is 5.92. The molecule has 2 rings (SSSR count). The predicted molar refractivity (Wildman–Crippen MR) is 49.8 cm³/mol. The lowest BCUT2D eigenvalue weighted by Crippen LogP contribution is -2.30. The summed E-state index contributed by atoms with van der Waals surface area (Å²) in [4.78, 5) is 0. The first kappa shape index (κ1) is 10.4. The van der Waals surface area contributed by atoms with E-state index in [1.165, 1.54) is 0 Å². The highest BCUT2D eigenvalue weighted by atomic mass is 16.8. The molecule has 0 saturated carbocycles. The Labute approximate surface area is 84.5 Å². The second-order valence-corrected chi connectivity index (χ2v) is 4.25. The van der Waals surface area contributed by atoms with Crippen molar-refractivity contribution in [1.82, 2.24) is 0 Å². The maximum absolute atomic E-state index is 5.78. The molecule has 2 heterocycles. The van der Waals surface area contributed by atoms with Crippen molar-refractivity contribution in [1.29, 1.82) is 0 Å². The minimum atomic E-state index is -0.511. The fourth-order valence-corrected chi connectivity index (χ4v) is 2.16. The topological polar surface area (TPSA) is 36.9 Å². The van der Waals surface area contributed by atoms with Crippen LogP contribution >= 0.6 is 0 Å². The Morgan fingerprint density at radius 2 is 1.86 bits per heavy atom. The Morgan fingerprint density at radius 1 is 1.21 bits per heavy atom. The van der Waals surface area contributed by atoms with Crippen molar-refractivity contribution in [2.24, 2.45) is 0 Å². The van der Waals surface area contributed by atoms with Crippen LogP contribution in [0.1, 0.15) is 27.2 Å². The molecule has 0 spiro atoms. The smallest absolute Gasteiger partial charge is 0.186 e. The molecule has 0 aromatic rings. The zero-order valence-corrected chi connectivity index (χ0v) is 9.15. The molecule has 0 amide bonds. The molecule has 4 nitrogen and oxygen atoms in total. The summed E-state index contributed by atoms with van der Waals surface area (Å²) in [5.74, 6) is -0.511. The third kappa shape index (κ3) is 1.56. The van der Waals surface area contributed by atoms with E-state index >= 15 is 0 Å². The largest absolute Gasteiger partial charge is 0.353 e. The maximum Gasteiger partial charge on any atom is 0.186 e. The van der Waals surface area contributed by atoms with Crippen LogP contribution in [0.5, 0.6) is 0 Å². The number of ether oxygens (including phenoxy) is 4. The SMILES string of the molecule is CC[C@H]1O[C@@H](OC)[C@@H]2OC(C)(C)O[C@@H]21. The molecule has 0 radical (unpaired) electrons. The lowest BCUT2D eigenvalue weighted by Gasteiger charge is -2.22. The number of methoxy groups -OCH3 is 1. The van der Waals surface area contributed by atoms with Crippen LogP contribution < -0.4 is 0 Å². The van der Waals surface area contributed by atoms with Crippen LogP contribution in [0.25, 0.3) is 0 Å². The summed E-state index contributed by atoms with van der Waals surface area (Å²) < 4.78 is 22.4. The van der Waals surface area contributed by atoms with Gasteiger partial charge in [-0.3, -0.25) is 0 Å². The van der Waals surface area contributed by atoms with Gasteiger partial charge in [0.2, 0.25) is 0 Å². The van der Waals surface area contributed by atoms with E-state index in [-0.39, 0.29) is 24.6 Å². The molecule has 2 saturated heterocycles. The molecule has 4 atom stereocenters. The van der Waals surface area contributed by atoms with Crippen LogP contribution in [-0.4, -0.2) is 37.5 Å². The Hall–Kier alpha value is -0.160. The number of hydrogen-bond donors (Lipinski definition) is 0. The molecule has 0 aliphatic carbocycles. The van der Waals surface area contributed by atoms with Crippen LogP contribution in [-0.2, 0) is 18.9 Å². The normalized spacial score (nSPS) is 45.4. The van der Waals surface area contributed by atoms with E-state index in [4.69, 9.17) is 18.9 Å². The first-order valence-electron chi connectivity index (χ1n) is 5.11. The van der Waals surface area contributed by atoms with Crippen molar-refractivity contribution >= 4 is 0 Å². The van der Waals surface area contributed by atoms with Crippen molar-refractivity contribution < 1.29 is 18.9 Å². The average molecular weight is 202 g/mol. The Balaban J connectivity index is 2.12. The van der Waals surface area contributed by atoms with Crippen LogP contribution in [0.3, 0.4) is 0 Å². The van der Waals surface area contributed by atoms with Gasteiger partial charge in [0.25, 0.3) is 0 Å². The summed E-state index contributed by atoms with van der Waals surface area (Å²) in [6.07, 6.45) is 0.652. The standard InChI is InChI=1S/C10H18O4/c1-5-6-7-8(9(11-4)12-6)14-10(2,3)13-7/h6-9H,5H2,1-4H3/t6-,7-,8-,9-/m1/s1. The number of rotatable bonds is 2.